The summed E-state index contributed by atoms with van der Waals surface area (Å²) in [4.78, 5) is 0. The lowest BCUT2D eigenvalue weighted by Gasteiger charge is -2.11. The summed E-state index contributed by atoms with van der Waals surface area (Å²) in [6.07, 6.45) is 0. The summed E-state index contributed by atoms with van der Waals surface area (Å²) in [7, 11) is 1.92. The third-order valence-corrected chi connectivity index (χ3v) is 3.38. The van der Waals surface area contributed by atoms with Crippen LogP contribution in [0.4, 0.5) is 0 Å². The number of nitrogens with one attached hydrogen (secondary N) is 1. The van der Waals surface area contributed by atoms with E-state index in [2.05, 4.69) is 43.3 Å². The quantitative estimate of drug-likeness (QED) is 0.909. The van der Waals surface area contributed by atoms with E-state index in [1.54, 1.807) is 4.68 Å². The molecule has 0 atom stereocenters. The first kappa shape index (κ1) is 14.6. The van der Waals surface area contributed by atoms with Crippen LogP contribution in [-0.4, -0.2) is 16.3 Å². The van der Waals surface area contributed by atoms with Crippen LogP contribution in [0.2, 0.25) is 0 Å². The van der Waals surface area contributed by atoms with Crippen LogP contribution in [0.5, 0.6) is 11.6 Å². The summed E-state index contributed by atoms with van der Waals surface area (Å²) < 4.78 is 7.91. The van der Waals surface area contributed by atoms with Crippen LogP contribution in [-0.2, 0) is 13.6 Å². The maximum absolute atomic E-state index is 6.10. The molecular formula is C16H23N3O. The highest BCUT2D eigenvalue weighted by Crippen LogP contribution is 2.29. The fraction of sp³-hybridized carbons (Fsp3) is 0.438. The van der Waals surface area contributed by atoms with E-state index >= 15 is 0 Å². The first-order valence-electron chi connectivity index (χ1n) is 7.01. The molecule has 0 saturated heterocycles. The predicted octanol–water partition coefficient (Wildman–Crippen LogP) is 3.25. The molecular weight excluding hydrogens is 250 g/mol. The van der Waals surface area contributed by atoms with Gasteiger partial charge in [-0.05, 0) is 38.9 Å². The number of benzene rings is 1. The molecule has 4 nitrogen and oxygen atoms in total. The van der Waals surface area contributed by atoms with E-state index in [1.807, 2.05) is 20.0 Å². The molecule has 0 radical (unpaired) electrons. The van der Waals surface area contributed by atoms with Gasteiger partial charge >= 0.3 is 0 Å². The minimum Gasteiger partial charge on any atom is -0.439 e. The normalized spacial score (nSPS) is 10.8. The van der Waals surface area contributed by atoms with Crippen molar-refractivity contribution in [1.29, 1.82) is 0 Å². The molecule has 4 heteroatoms. The van der Waals surface area contributed by atoms with Gasteiger partial charge in [-0.15, -0.1) is 0 Å². The maximum Gasteiger partial charge on any atom is 0.222 e. The first-order chi connectivity index (χ1) is 9.52. The highest BCUT2D eigenvalue weighted by molar-refractivity contribution is 5.41. The van der Waals surface area contributed by atoms with Crippen LogP contribution in [0, 0.1) is 20.8 Å². The van der Waals surface area contributed by atoms with Crippen molar-refractivity contribution in [2.24, 2.45) is 7.05 Å². The summed E-state index contributed by atoms with van der Waals surface area (Å²) in [5, 5.41) is 7.79. The second-order valence-electron chi connectivity index (χ2n) is 5.14. The van der Waals surface area contributed by atoms with Gasteiger partial charge in [0.1, 0.15) is 5.75 Å². The van der Waals surface area contributed by atoms with Crippen LogP contribution in [0.3, 0.4) is 0 Å². The van der Waals surface area contributed by atoms with Crippen LogP contribution in [0.1, 0.15) is 29.3 Å². The highest BCUT2D eigenvalue weighted by atomic mass is 16.5. The van der Waals surface area contributed by atoms with Crippen molar-refractivity contribution >= 4 is 0 Å². The molecule has 1 aromatic heterocycles. The Morgan fingerprint density at radius 1 is 1.25 bits per heavy atom. The maximum atomic E-state index is 6.10. The molecule has 0 bridgehead atoms. The van der Waals surface area contributed by atoms with Gasteiger partial charge in [-0.3, -0.25) is 0 Å². The molecule has 0 saturated carbocycles. The van der Waals surface area contributed by atoms with E-state index in [0.717, 1.165) is 41.5 Å². The fourth-order valence-corrected chi connectivity index (χ4v) is 2.28. The Hall–Kier alpha value is -1.81. The van der Waals surface area contributed by atoms with Crippen molar-refractivity contribution in [3.05, 3.63) is 40.6 Å². The number of aromatic nitrogens is 2. The SMILES string of the molecule is CCNCc1c(C)nn(C)c1Oc1ccc(C)cc1C. The zero-order chi connectivity index (χ0) is 14.7. The first-order valence-corrected chi connectivity index (χ1v) is 7.01. The van der Waals surface area contributed by atoms with Crippen LogP contribution < -0.4 is 10.1 Å². The summed E-state index contributed by atoms with van der Waals surface area (Å²) >= 11 is 0. The molecule has 1 aromatic carbocycles. The predicted molar refractivity (Wildman–Crippen MR) is 81.3 cm³/mol. The van der Waals surface area contributed by atoms with Crippen LogP contribution in [0.15, 0.2) is 18.2 Å². The van der Waals surface area contributed by atoms with Crippen molar-refractivity contribution in [3.63, 3.8) is 0 Å². The topological polar surface area (TPSA) is 39.1 Å². The number of ether oxygens (including phenoxy) is 1. The Balaban J connectivity index is 2.32. The standard InChI is InChI=1S/C16H23N3O/c1-6-17-10-14-13(4)18-19(5)16(14)20-15-8-7-11(2)9-12(15)3/h7-9,17H,6,10H2,1-5H3. The third-order valence-electron chi connectivity index (χ3n) is 3.38. The number of nitrogens with zero attached hydrogens (tertiary/aromatic N) is 2. The molecule has 0 aliphatic rings. The molecule has 2 rings (SSSR count). The molecule has 0 amide bonds. The Labute approximate surface area is 120 Å². The van der Waals surface area contributed by atoms with E-state index in [9.17, 15) is 0 Å². The molecule has 0 fully saturated rings. The van der Waals surface area contributed by atoms with Gasteiger partial charge in [-0.1, -0.05) is 24.6 Å². The second kappa shape index (κ2) is 6.09. The van der Waals surface area contributed by atoms with Gasteiger partial charge in [-0.2, -0.15) is 5.10 Å². The average molecular weight is 273 g/mol. The minimum atomic E-state index is 0.774. The minimum absolute atomic E-state index is 0.774. The number of rotatable bonds is 5. The fourth-order valence-electron chi connectivity index (χ4n) is 2.28. The van der Waals surface area contributed by atoms with E-state index in [0.29, 0.717) is 0 Å². The van der Waals surface area contributed by atoms with Gasteiger partial charge in [0.05, 0.1) is 11.3 Å². The van der Waals surface area contributed by atoms with Gasteiger partial charge in [0, 0.05) is 13.6 Å². The second-order valence-corrected chi connectivity index (χ2v) is 5.14. The summed E-state index contributed by atoms with van der Waals surface area (Å²) in [5.74, 6) is 1.70. The molecule has 0 unspecified atom stereocenters. The van der Waals surface area contributed by atoms with E-state index in [-0.39, 0.29) is 0 Å². The molecule has 1 heterocycles. The van der Waals surface area contributed by atoms with Gasteiger partial charge in [0.2, 0.25) is 5.88 Å². The van der Waals surface area contributed by atoms with Gasteiger partial charge in [0.25, 0.3) is 0 Å². The number of hydrogen-bond acceptors (Lipinski definition) is 3. The lowest BCUT2D eigenvalue weighted by atomic mass is 10.1. The van der Waals surface area contributed by atoms with E-state index < -0.39 is 0 Å². The Morgan fingerprint density at radius 2 is 2.00 bits per heavy atom. The molecule has 20 heavy (non-hydrogen) atoms. The summed E-state index contributed by atoms with van der Waals surface area (Å²) in [6.45, 7) is 9.96. The van der Waals surface area contributed by atoms with Gasteiger partial charge in [-0.25, -0.2) is 4.68 Å². The Kier molecular flexibility index (Phi) is 4.45. The van der Waals surface area contributed by atoms with E-state index in [1.165, 1.54) is 5.56 Å². The lowest BCUT2D eigenvalue weighted by molar-refractivity contribution is 0.421. The zero-order valence-corrected chi connectivity index (χ0v) is 12.9. The molecule has 0 aliphatic carbocycles. The summed E-state index contributed by atoms with van der Waals surface area (Å²) in [6, 6.07) is 6.21. The largest absolute Gasteiger partial charge is 0.439 e. The number of hydrogen-bond donors (Lipinski definition) is 1. The van der Waals surface area contributed by atoms with Gasteiger partial charge in [0.15, 0.2) is 0 Å². The highest BCUT2D eigenvalue weighted by Gasteiger charge is 2.15. The third kappa shape index (κ3) is 3.02. The Morgan fingerprint density at radius 3 is 2.65 bits per heavy atom. The molecule has 1 N–H and O–H groups in total. The summed E-state index contributed by atoms with van der Waals surface area (Å²) in [5.41, 5.74) is 4.50. The van der Waals surface area contributed by atoms with E-state index in [4.69, 9.17) is 4.74 Å². The zero-order valence-electron chi connectivity index (χ0n) is 12.9. The van der Waals surface area contributed by atoms with Crippen molar-refractivity contribution in [3.8, 4) is 11.6 Å². The van der Waals surface area contributed by atoms with Crippen LogP contribution >= 0.6 is 0 Å². The monoisotopic (exact) mass is 273 g/mol. The molecule has 0 spiro atoms. The van der Waals surface area contributed by atoms with Gasteiger partial charge < -0.3 is 10.1 Å². The van der Waals surface area contributed by atoms with Crippen molar-refractivity contribution in [2.75, 3.05) is 6.54 Å². The molecule has 2 aromatic rings. The van der Waals surface area contributed by atoms with Crippen LogP contribution in [0.25, 0.3) is 0 Å². The van der Waals surface area contributed by atoms with Crippen molar-refractivity contribution in [1.82, 2.24) is 15.1 Å². The Bertz CT molecular complexity index is 602. The molecule has 0 aliphatic heterocycles. The van der Waals surface area contributed by atoms with Crippen molar-refractivity contribution in [2.45, 2.75) is 34.2 Å². The molecule has 108 valence electrons. The van der Waals surface area contributed by atoms with Crippen molar-refractivity contribution < 1.29 is 4.74 Å². The smallest absolute Gasteiger partial charge is 0.222 e. The average Bonchev–Trinajstić information content (AvgIpc) is 2.65. The number of aryl methyl sites for hydroxylation is 4. The lowest BCUT2D eigenvalue weighted by Crippen LogP contribution is -2.13.